The monoisotopic (exact) mass is 502 g/mol. The van der Waals surface area contributed by atoms with E-state index in [1.807, 2.05) is 38.1 Å². The van der Waals surface area contributed by atoms with Gasteiger partial charge in [-0.15, -0.1) is 0 Å². The van der Waals surface area contributed by atoms with Crippen LogP contribution in [0.1, 0.15) is 64.9 Å². The van der Waals surface area contributed by atoms with Crippen molar-refractivity contribution < 1.29 is 23.7 Å². The molecule has 0 aliphatic carbocycles. The third-order valence-electron chi connectivity index (χ3n) is 7.32. The molecule has 1 aromatic carbocycles. The molecule has 9 heteroatoms. The summed E-state index contributed by atoms with van der Waals surface area (Å²) in [6.07, 6.45) is 4.11. The summed E-state index contributed by atoms with van der Waals surface area (Å²) in [6, 6.07) is 6.47. The van der Waals surface area contributed by atoms with Crippen LogP contribution in [0.4, 0.5) is 10.5 Å². The molecular weight excluding hydrogens is 458 g/mol. The lowest BCUT2D eigenvalue weighted by atomic mass is 9.90. The fraction of sp³-hybridized carbons (Fsp3) is 0.630. The van der Waals surface area contributed by atoms with Crippen molar-refractivity contribution in [3.05, 3.63) is 29.8 Å². The van der Waals surface area contributed by atoms with Gasteiger partial charge in [0.25, 0.3) is 0 Å². The molecule has 1 saturated heterocycles. The second kappa shape index (κ2) is 13.5. The summed E-state index contributed by atoms with van der Waals surface area (Å²) in [5.41, 5.74) is 12.9. The van der Waals surface area contributed by atoms with Crippen LogP contribution >= 0.6 is 0 Å². The number of urea groups is 1. The molecular formula is C27H44N5O4+. The molecule has 0 saturated carbocycles. The summed E-state index contributed by atoms with van der Waals surface area (Å²) in [7, 11) is 2.15. The lowest BCUT2D eigenvalue weighted by Gasteiger charge is -2.43. The highest BCUT2D eigenvalue weighted by Gasteiger charge is 2.38. The lowest BCUT2D eigenvalue weighted by molar-refractivity contribution is -0.941. The Morgan fingerprint density at radius 1 is 1.11 bits per heavy atom. The van der Waals surface area contributed by atoms with E-state index in [2.05, 4.69) is 17.7 Å². The zero-order chi connectivity index (χ0) is 26.9. The molecule has 36 heavy (non-hydrogen) atoms. The maximum Gasteiger partial charge on any atom is 0.312 e. The predicted molar refractivity (Wildman–Crippen MR) is 141 cm³/mol. The first-order valence-corrected chi connectivity index (χ1v) is 13.0. The van der Waals surface area contributed by atoms with Gasteiger partial charge in [0.15, 0.2) is 11.6 Å². The molecule has 0 bridgehead atoms. The molecule has 1 fully saturated rings. The van der Waals surface area contributed by atoms with Gasteiger partial charge in [-0.3, -0.25) is 14.4 Å². The molecule has 1 aliphatic heterocycles. The number of Topliss-reactive ketones (excluding diaryl/α,β-unsaturated/α-hetero) is 2. The SMILES string of the molecule is CC(=O)[C@H]1CCCC[N+]1(C)Cc1ccc(NC(=O)[C@H](CCCNC(N)=O)CC(=O)[C@@H](N)C(C)C)cc1. The third kappa shape index (κ3) is 8.71. The summed E-state index contributed by atoms with van der Waals surface area (Å²) >= 11 is 0. The van der Waals surface area contributed by atoms with Crippen molar-refractivity contribution in [3.63, 3.8) is 0 Å². The van der Waals surface area contributed by atoms with Crippen LogP contribution in [-0.2, 0) is 20.9 Å². The highest BCUT2D eigenvalue weighted by molar-refractivity contribution is 5.96. The predicted octanol–water partition coefficient (Wildman–Crippen LogP) is 2.72. The number of nitrogens with one attached hydrogen (secondary N) is 2. The Morgan fingerprint density at radius 3 is 2.36 bits per heavy atom. The molecule has 4 atom stereocenters. The number of hydrogen-bond acceptors (Lipinski definition) is 5. The average Bonchev–Trinajstić information content (AvgIpc) is 2.81. The Kier molecular flexibility index (Phi) is 11.0. The Bertz CT molecular complexity index is 917. The van der Waals surface area contributed by atoms with Crippen LogP contribution < -0.4 is 22.1 Å². The van der Waals surface area contributed by atoms with Crippen molar-refractivity contribution >= 4 is 29.2 Å². The molecule has 1 aliphatic rings. The number of ketones is 2. The molecule has 9 nitrogen and oxygen atoms in total. The van der Waals surface area contributed by atoms with Crippen LogP contribution in [0.5, 0.6) is 0 Å². The zero-order valence-corrected chi connectivity index (χ0v) is 22.2. The largest absolute Gasteiger partial charge is 0.352 e. The molecule has 1 aromatic rings. The minimum atomic E-state index is -0.624. The fourth-order valence-corrected chi connectivity index (χ4v) is 5.10. The molecule has 0 aromatic heterocycles. The van der Waals surface area contributed by atoms with Crippen LogP contribution in [0.3, 0.4) is 0 Å². The van der Waals surface area contributed by atoms with E-state index in [-0.39, 0.29) is 35.9 Å². The summed E-state index contributed by atoms with van der Waals surface area (Å²) < 4.78 is 0.709. The van der Waals surface area contributed by atoms with Gasteiger partial charge in [-0.05, 0) is 43.7 Å². The molecule has 200 valence electrons. The number of carbonyl (C=O) groups excluding carboxylic acids is 4. The van der Waals surface area contributed by atoms with Gasteiger partial charge in [-0.25, -0.2) is 4.79 Å². The highest BCUT2D eigenvalue weighted by Crippen LogP contribution is 2.28. The first kappa shape index (κ1) is 29.5. The Morgan fingerprint density at radius 2 is 1.78 bits per heavy atom. The first-order valence-electron chi connectivity index (χ1n) is 13.0. The van der Waals surface area contributed by atoms with E-state index in [0.29, 0.717) is 29.6 Å². The normalized spacial score (nSPS) is 21.4. The molecule has 1 heterocycles. The number of nitrogens with zero attached hydrogens (tertiary/aromatic N) is 1. The molecule has 6 N–H and O–H groups in total. The number of piperidine rings is 1. The molecule has 2 rings (SSSR count). The molecule has 0 radical (unpaired) electrons. The Labute approximate surface area is 214 Å². The van der Waals surface area contributed by atoms with Crippen molar-refractivity contribution in [2.24, 2.45) is 23.3 Å². The number of quaternary nitrogens is 1. The molecule has 3 amide bonds. The van der Waals surface area contributed by atoms with Crippen LogP contribution in [0, 0.1) is 11.8 Å². The Hall–Kier alpha value is -2.78. The van der Waals surface area contributed by atoms with E-state index >= 15 is 0 Å². The van der Waals surface area contributed by atoms with Crippen molar-refractivity contribution in [1.29, 1.82) is 0 Å². The topological polar surface area (TPSA) is 144 Å². The number of carbonyl (C=O) groups is 4. The number of primary amides is 1. The number of rotatable bonds is 13. The van der Waals surface area contributed by atoms with E-state index < -0.39 is 18.0 Å². The van der Waals surface area contributed by atoms with Gasteiger partial charge in [-0.2, -0.15) is 0 Å². The van der Waals surface area contributed by atoms with E-state index in [1.54, 1.807) is 6.92 Å². The van der Waals surface area contributed by atoms with Crippen molar-refractivity contribution in [2.45, 2.75) is 77.9 Å². The molecule has 0 spiro atoms. The summed E-state index contributed by atoms with van der Waals surface area (Å²) in [6.45, 7) is 7.50. The lowest BCUT2D eigenvalue weighted by Crippen LogP contribution is -2.57. The highest BCUT2D eigenvalue weighted by atomic mass is 16.2. The number of likely N-dealkylation sites (N-methyl/N-ethyl adjacent to an activating group) is 1. The van der Waals surface area contributed by atoms with Crippen molar-refractivity contribution in [1.82, 2.24) is 5.32 Å². The smallest absolute Gasteiger partial charge is 0.312 e. The van der Waals surface area contributed by atoms with Gasteiger partial charge in [0.2, 0.25) is 5.91 Å². The number of nitrogens with two attached hydrogens (primary N) is 2. The van der Waals surface area contributed by atoms with Crippen LogP contribution in [-0.4, -0.2) is 60.2 Å². The number of likely N-dealkylation sites (tertiary alicyclic amines) is 1. The number of anilines is 1. The van der Waals surface area contributed by atoms with Crippen molar-refractivity contribution in [2.75, 3.05) is 25.5 Å². The van der Waals surface area contributed by atoms with E-state index in [1.165, 1.54) is 0 Å². The van der Waals surface area contributed by atoms with Gasteiger partial charge in [0.1, 0.15) is 12.6 Å². The van der Waals surface area contributed by atoms with Gasteiger partial charge < -0.3 is 26.6 Å². The standard InChI is InChI=1S/C27H43N5O4/c1-18(2)25(28)24(34)16-21(8-7-14-30-27(29)36)26(35)31-22-12-10-20(11-13-22)17-32(4)15-6-5-9-23(32)19(3)33/h10-13,18,21,23,25H,5-9,14-17,28H2,1-4H3,(H3-,29,30,31,35,36)/p+1/t21-,23-,25+,32?/m1/s1. The summed E-state index contributed by atoms with van der Waals surface area (Å²) in [5, 5.41) is 5.44. The van der Waals surface area contributed by atoms with Gasteiger partial charge in [-0.1, -0.05) is 26.0 Å². The molecule has 1 unspecified atom stereocenters. The quantitative estimate of drug-likeness (QED) is 0.242. The second-order valence-corrected chi connectivity index (χ2v) is 10.7. The van der Waals surface area contributed by atoms with Crippen molar-refractivity contribution in [3.8, 4) is 0 Å². The van der Waals surface area contributed by atoms with Crippen LogP contribution in [0.2, 0.25) is 0 Å². The number of benzene rings is 1. The zero-order valence-electron chi connectivity index (χ0n) is 22.2. The third-order valence-corrected chi connectivity index (χ3v) is 7.32. The van der Waals surface area contributed by atoms with Gasteiger partial charge >= 0.3 is 6.03 Å². The maximum absolute atomic E-state index is 13.1. The minimum Gasteiger partial charge on any atom is -0.352 e. The van der Waals surface area contributed by atoms with Gasteiger partial charge in [0, 0.05) is 43.5 Å². The first-order chi connectivity index (χ1) is 16.9. The average molecular weight is 503 g/mol. The number of amides is 3. The fourth-order valence-electron chi connectivity index (χ4n) is 5.10. The van der Waals surface area contributed by atoms with Gasteiger partial charge in [0.05, 0.1) is 19.6 Å². The van der Waals surface area contributed by atoms with E-state index in [0.717, 1.165) is 37.9 Å². The number of hydrogen-bond donors (Lipinski definition) is 4. The minimum absolute atomic E-state index is 0.0164. The Balaban J connectivity index is 2.05. The van der Waals surface area contributed by atoms with Crippen LogP contribution in [0.15, 0.2) is 24.3 Å². The summed E-state index contributed by atoms with van der Waals surface area (Å²) in [4.78, 5) is 48.8. The van der Waals surface area contributed by atoms with E-state index in [4.69, 9.17) is 11.5 Å². The second-order valence-electron chi connectivity index (χ2n) is 10.7. The van der Waals surface area contributed by atoms with Crippen LogP contribution in [0.25, 0.3) is 0 Å². The van der Waals surface area contributed by atoms with E-state index in [9.17, 15) is 19.2 Å². The maximum atomic E-state index is 13.1. The summed E-state index contributed by atoms with van der Waals surface area (Å²) in [5.74, 6) is -0.743.